The van der Waals surface area contributed by atoms with E-state index in [1.807, 2.05) is 0 Å². The zero-order valence-electron chi connectivity index (χ0n) is 8.26. The predicted molar refractivity (Wildman–Crippen MR) is 51.8 cm³/mol. The standard InChI is InChI=1S/C9H9F3N2O2/c1-5(15)14-8-4-6(2-3-7(8)13)16-9(10,11)12/h2-4H,13H2,1H3,(H,14,15). The van der Waals surface area contributed by atoms with Crippen molar-refractivity contribution < 1.29 is 22.7 Å². The zero-order valence-corrected chi connectivity index (χ0v) is 8.26. The maximum atomic E-state index is 11.9. The minimum Gasteiger partial charge on any atom is -0.406 e. The number of amides is 1. The van der Waals surface area contributed by atoms with Crippen LogP contribution in [0.2, 0.25) is 0 Å². The number of rotatable bonds is 2. The lowest BCUT2D eigenvalue weighted by molar-refractivity contribution is -0.274. The largest absolute Gasteiger partial charge is 0.573 e. The summed E-state index contributed by atoms with van der Waals surface area (Å²) in [6.45, 7) is 1.22. The Labute approximate surface area is 89.2 Å². The van der Waals surface area contributed by atoms with Crippen molar-refractivity contribution in [1.82, 2.24) is 0 Å². The molecule has 7 heteroatoms. The molecule has 0 bridgehead atoms. The van der Waals surface area contributed by atoms with Gasteiger partial charge >= 0.3 is 6.36 Å². The first-order valence-corrected chi connectivity index (χ1v) is 4.21. The lowest BCUT2D eigenvalue weighted by atomic mass is 10.2. The van der Waals surface area contributed by atoms with E-state index in [1.54, 1.807) is 0 Å². The smallest absolute Gasteiger partial charge is 0.406 e. The minimum absolute atomic E-state index is 0.0780. The van der Waals surface area contributed by atoms with Crippen LogP contribution in [0, 0.1) is 0 Å². The molecule has 0 radical (unpaired) electrons. The molecule has 3 N–H and O–H groups in total. The number of carbonyl (C=O) groups is 1. The molecule has 1 aromatic rings. The number of hydrogen-bond donors (Lipinski definition) is 2. The number of halogens is 3. The normalized spacial score (nSPS) is 11.0. The summed E-state index contributed by atoms with van der Waals surface area (Å²) >= 11 is 0. The summed E-state index contributed by atoms with van der Waals surface area (Å²) in [7, 11) is 0. The van der Waals surface area contributed by atoms with Gasteiger partial charge in [-0.05, 0) is 12.1 Å². The van der Waals surface area contributed by atoms with E-state index in [4.69, 9.17) is 5.73 Å². The van der Waals surface area contributed by atoms with E-state index in [0.29, 0.717) is 0 Å². The number of nitrogen functional groups attached to an aromatic ring is 1. The van der Waals surface area contributed by atoms with Gasteiger partial charge in [0.1, 0.15) is 5.75 Å². The van der Waals surface area contributed by atoms with Crippen LogP contribution in [0.5, 0.6) is 5.75 Å². The highest BCUT2D eigenvalue weighted by Crippen LogP contribution is 2.28. The van der Waals surface area contributed by atoms with Crippen molar-refractivity contribution in [1.29, 1.82) is 0 Å². The third-order valence-electron chi connectivity index (χ3n) is 1.57. The molecule has 0 atom stereocenters. The Balaban J connectivity index is 2.93. The first-order chi connectivity index (χ1) is 7.28. The summed E-state index contributed by atoms with van der Waals surface area (Å²) in [5.41, 5.74) is 5.69. The van der Waals surface area contributed by atoms with E-state index < -0.39 is 18.0 Å². The average molecular weight is 234 g/mol. The summed E-state index contributed by atoms with van der Waals surface area (Å²) in [6, 6.07) is 3.28. The quantitative estimate of drug-likeness (QED) is 0.770. The molecule has 0 heterocycles. The Morgan fingerprint density at radius 2 is 2.06 bits per heavy atom. The third-order valence-corrected chi connectivity index (χ3v) is 1.57. The van der Waals surface area contributed by atoms with Crippen molar-refractivity contribution in [3.05, 3.63) is 18.2 Å². The minimum atomic E-state index is -4.77. The van der Waals surface area contributed by atoms with Gasteiger partial charge in [0.2, 0.25) is 5.91 Å². The number of ether oxygens (including phenoxy) is 1. The monoisotopic (exact) mass is 234 g/mol. The van der Waals surface area contributed by atoms with Gasteiger partial charge in [-0.1, -0.05) is 0 Å². The number of hydrogen-bond acceptors (Lipinski definition) is 3. The van der Waals surface area contributed by atoms with Gasteiger partial charge in [-0.2, -0.15) is 0 Å². The highest BCUT2D eigenvalue weighted by Gasteiger charge is 2.31. The second-order valence-electron chi connectivity index (χ2n) is 2.98. The molecule has 0 saturated heterocycles. The molecule has 0 spiro atoms. The van der Waals surface area contributed by atoms with Gasteiger partial charge in [0.25, 0.3) is 0 Å². The average Bonchev–Trinajstić information content (AvgIpc) is 2.07. The van der Waals surface area contributed by atoms with Gasteiger partial charge in [-0.3, -0.25) is 4.79 Å². The van der Waals surface area contributed by atoms with Crippen LogP contribution in [0.3, 0.4) is 0 Å². The molecule has 0 aliphatic carbocycles. The van der Waals surface area contributed by atoms with Crippen LogP contribution in [0.1, 0.15) is 6.92 Å². The highest BCUT2D eigenvalue weighted by atomic mass is 19.4. The van der Waals surface area contributed by atoms with Crippen molar-refractivity contribution in [2.24, 2.45) is 0 Å². The molecule has 88 valence electrons. The number of nitrogens with two attached hydrogens (primary N) is 1. The van der Waals surface area contributed by atoms with Crippen LogP contribution in [0.4, 0.5) is 24.5 Å². The molecular formula is C9H9F3N2O2. The van der Waals surface area contributed by atoms with Crippen LogP contribution in [-0.4, -0.2) is 12.3 Å². The van der Waals surface area contributed by atoms with Crippen molar-refractivity contribution in [2.75, 3.05) is 11.1 Å². The van der Waals surface area contributed by atoms with Gasteiger partial charge in [-0.25, -0.2) is 0 Å². The van der Waals surface area contributed by atoms with Crippen LogP contribution >= 0.6 is 0 Å². The Morgan fingerprint density at radius 1 is 1.44 bits per heavy atom. The lowest BCUT2D eigenvalue weighted by Crippen LogP contribution is -2.17. The van der Waals surface area contributed by atoms with Crippen LogP contribution < -0.4 is 15.8 Å². The molecule has 1 rings (SSSR count). The summed E-state index contributed by atoms with van der Waals surface area (Å²) in [5, 5.41) is 2.29. The summed E-state index contributed by atoms with van der Waals surface area (Å²) in [4.78, 5) is 10.7. The van der Waals surface area contributed by atoms with Crippen LogP contribution in [0.25, 0.3) is 0 Å². The van der Waals surface area contributed by atoms with E-state index in [-0.39, 0.29) is 11.4 Å². The maximum absolute atomic E-state index is 11.9. The molecule has 0 aliphatic heterocycles. The molecule has 0 saturated carbocycles. The maximum Gasteiger partial charge on any atom is 0.573 e. The Morgan fingerprint density at radius 3 is 2.56 bits per heavy atom. The van der Waals surface area contributed by atoms with E-state index >= 15 is 0 Å². The topological polar surface area (TPSA) is 64.3 Å². The number of anilines is 2. The van der Waals surface area contributed by atoms with Crippen molar-refractivity contribution in [2.45, 2.75) is 13.3 Å². The molecule has 16 heavy (non-hydrogen) atoms. The van der Waals surface area contributed by atoms with Gasteiger partial charge in [0.15, 0.2) is 0 Å². The predicted octanol–water partition coefficient (Wildman–Crippen LogP) is 2.13. The molecule has 0 fully saturated rings. The lowest BCUT2D eigenvalue weighted by Gasteiger charge is -2.11. The molecule has 1 aromatic carbocycles. The fourth-order valence-electron chi connectivity index (χ4n) is 1.03. The van der Waals surface area contributed by atoms with Crippen LogP contribution in [0.15, 0.2) is 18.2 Å². The Kier molecular flexibility index (Phi) is 3.26. The highest BCUT2D eigenvalue weighted by molar-refractivity contribution is 5.92. The number of alkyl halides is 3. The van der Waals surface area contributed by atoms with Crippen LogP contribution in [-0.2, 0) is 4.79 Å². The second-order valence-corrected chi connectivity index (χ2v) is 2.98. The van der Waals surface area contributed by atoms with E-state index in [9.17, 15) is 18.0 Å². The first-order valence-electron chi connectivity index (χ1n) is 4.21. The Bertz CT molecular complexity index is 404. The van der Waals surface area contributed by atoms with Crippen molar-refractivity contribution in [3.63, 3.8) is 0 Å². The van der Waals surface area contributed by atoms with E-state index in [1.165, 1.54) is 13.0 Å². The summed E-state index contributed by atoms with van der Waals surface area (Å²) in [6.07, 6.45) is -4.77. The van der Waals surface area contributed by atoms with Crippen molar-refractivity contribution >= 4 is 17.3 Å². The van der Waals surface area contributed by atoms with Gasteiger partial charge in [0.05, 0.1) is 11.4 Å². The number of benzene rings is 1. The fraction of sp³-hybridized carbons (Fsp3) is 0.222. The number of nitrogens with one attached hydrogen (secondary N) is 1. The summed E-state index contributed by atoms with van der Waals surface area (Å²) < 4.78 is 39.4. The molecule has 1 amide bonds. The molecule has 0 unspecified atom stereocenters. The van der Waals surface area contributed by atoms with Gasteiger partial charge < -0.3 is 15.8 Å². The second kappa shape index (κ2) is 4.30. The third kappa shape index (κ3) is 3.68. The van der Waals surface area contributed by atoms with Crippen molar-refractivity contribution in [3.8, 4) is 5.75 Å². The number of carbonyl (C=O) groups excluding carboxylic acids is 1. The first kappa shape index (κ1) is 12.2. The SMILES string of the molecule is CC(=O)Nc1cc(OC(F)(F)F)ccc1N. The summed E-state index contributed by atoms with van der Waals surface area (Å²) in [5.74, 6) is -0.874. The zero-order chi connectivity index (χ0) is 12.3. The van der Waals surface area contributed by atoms with Gasteiger partial charge in [-0.15, -0.1) is 13.2 Å². The van der Waals surface area contributed by atoms with E-state index in [0.717, 1.165) is 12.1 Å². The van der Waals surface area contributed by atoms with E-state index in [2.05, 4.69) is 10.1 Å². The Hall–Kier alpha value is -1.92. The molecule has 0 aliphatic rings. The molecule has 4 nitrogen and oxygen atoms in total. The molecule has 0 aromatic heterocycles. The fourth-order valence-corrected chi connectivity index (χ4v) is 1.03. The van der Waals surface area contributed by atoms with Gasteiger partial charge in [0, 0.05) is 13.0 Å². The molecular weight excluding hydrogens is 225 g/mol.